The van der Waals surface area contributed by atoms with Gasteiger partial charge in [0.05, 0.1) is 18.8 Å². The van der Waals surface area contributed by atoms with Crippen molar-refractivity contribution in [3.05, 3.63) is 75.8 Å². The number of urea groups is 1. The molecule has 43 heavy (non-hydrogen) atoms. The number of rotatable bonds is 9. The Labute approximate surface area is 261 Å². The van der Waals surface area contributed by atoms with Crippen LogP contribution in [0, 0.1) is 24.7 Å². The third kappa shape index (κ3) is 6.78. The van der Waals surface area contributed by atoms with Crippen molar-refractivity contribution in [2.24, 2.45) is 17.8 Å². The number of carbonyl (C=O) groups is 1. The highest BCUT2D eigenvalue weighted by atomic mass is 32.2. The number of amides is 2. The molecule has 2 amide bonds. The summed E-state index contributed by atoms with van der Waals surface area (Å²) in [4.78, 5) is 12.9. The lowest BCUT2D eigenvalue weighted by atomic mass is 9.53. The van der Waals surface area contributed by atoms with E-state index >= 15 is 0 Å². The predicted octanol–water partition coefficient (Wildman–Crippen LogP) is 6.44. The minimum Gasteiger partial charge on any atom is -0.392 e. The summed E-state index contributed by atoms with van der Waals surface area (Å²) in [6.45, 7) is 2.46. The number of hydrogen-bond donors (Lipinski definition) is 3. The van der Waals surface area contributed by atoms with Gasteiger partial charge < -0.3 is 25.2 Å². The number of nitrogens with one attached hydrogen (secondary N) is 2. The molecule has 5 aliphatic rings. The molecule has 1 saturated heterocycles. The van der Waals surface area contributed by atoms with Crippen LogP contribution < -0.4 is 10.6 Å². The average molecular weight is 621 g/mol. The zero-order chi connectivity index (χ0) is 29.4. The summed E-state index contributed by atoms with van der Waals surface area (Å²) in [5.74, 6) is 3.15. The molecule has 4 bridgehead atoms. The maximum Gasteiger partial charge on any atom is 0.315 e. The standard InChI is InChI=1S/C33H40N4O4S2/c1-20-36-37-32(43-20)42-19-28-13-29(26-6-4-22(18-38)5-7-26)41-30(40-28)27-8-2-21(3-9-27)17-34-31(39)35-33-14-23-10-24(15-33)12-25(11-23)16-33/h2-9,23-25,28-30,38H,10-19H2,1H3,(H2,34,35,39)/t23?,24?,25?,28-,29+,30+,33?/m0/s1. The van der Waals surface area contributed by atoms with E-state index in [1.165, 1.54) is 19.3 Å². The molecule has 3 atom stereocenters. The van der Waals surface area contributed by atoms with Gasteiger partial charge in [-0.2, -0.15) is 0 Å². The first-order chi connectivity index (χ1) is 20.9. The van der Waals surface area contributed by atoms with Crippen LogP contribution in [0.25, 0.3) is 0 Å². The Balaban J connectivity index is 0.981. The average Bonchev–Trinajstić information content (AvgIpc) is 3.43. The summed E-state index contributed by atoms with van der Waals surface area (Å²) in [6, 6.07) is 16.0. The SMILES string of the molecule is Cc1nnc(SC[C@@H]2C[C@H](c3ccc(CO)cc3)O[C@H](c3ccc(CNC(=O)NC45CC6CC(CC(C6)C4)C5)cc3)O2)s1. The second kappa shape index (κ2) is 12.5. The minimum absolute atomic E-state index is 0.0110. The molecule has 10 heteroatoms. The van der Waals surface area contributed by atoms with Crippen LogP contribution in [0.4, 0.5) is 4.79 Å². The van der Waals surface area contributed by atoms with Crippen molar-refractivity contribution in [3.63, 3.8) is 0 Å². The van der Waals surface area contributed by atoms with E-state index in [1.54, 1.807) is 23.1 Å². The Morgan fingerprint density at radius 2 is 1.58 bits per heavy atom. The molecule has 228 valence electrons. The van der Waals surface area contributed by atoms with Gasteiger partial charge in [0, 0.05) is 29.8 Å². The van der Waals surface area contributed by atoms with Crippen molar-refractivity contribution in [1.82, 2.24) is 20.8 Å². The Morgan fingerprint density at radius 1 is 0.930 bits per heavy atom. The molecular weight excluding hydrogens is 581 g/mol. The molecule has 0 spiro atoms. The lowest BCUT2D eigenvalue weighted by Crippen LogP contribution is -2.61. The smallest absolute Gasteiger partial charge is 0.315 e. The fourth-order valence-electron chi connectivity index (χ4n) is 8.05. The number of aryl methyl sites for hydroxylation is 1. The molecule has 2 aromatic carbocycles. The second-order valence-corrected chi connectivity index (χ2v) is 15.4. The second-order valence-electron chi connectivity index (χ2n) is 13.0. The lowest BCUT2D eigenvalue weighted by Gasteiger charge is -2.56. The van der Waals surface area contributed by atoms with Gasteiger partial charge in [-0.25, -0.2) is 4.79 Å². The van der Waals surface area contributed by atoms with E-state index in [0.29, 0.717) is 6.54 Å². The molecule has 8 rings (SSSR count). The Bertz CT molecular complexity index is 1380. The van der Waals surface area contributed by atoms with Crippen molar-refractivity contribution in [2.45, 2.75) is 93.4 Å². The molecule has 1 aromatic heterocycles. The minimum atomic E-state index is -0.514. The van der Waals surface area contributed by atoms with Crippen LogP contribution in [0.1, 0.15) is 84.6 Å². The van der Waals surface area contributed by atoms with Crippen molar-refractivity contribution in [1.29, 1.82) is 0 Å². The molecule has 0 radical (unpaired) electrons. The molecule has 5 fully saturated rings. The van der Waals surface area contributed by atoms with Crippen LogP contribution in [-0.4, -0.2) is 38.7 Å². The summed E-state index contributed by atoms with van der Waals surface area (Å²) < 4.78 is 13.9. The highest BCUT2D eigenvalue weighted by Crippen LogP contribution is 2.55. The molecule has 4 saturated carbocycles. The van der Waals surface area contributed by atoms with Gasteiger partial charge in [-0.3, -0.25) is 0 Å². The van der Waals surface area contributed by atoms with Crippen LogP contribution in [0.5, 0.6) is 0 Å². The van der Waals surface area contributed by atoms with Crippen molar-refractivity contribution >= 4 is 29.1 Å². The first-order valence-electron chi connectivity index (χ1n) is 15.5. The van der Waals surface area contributed by atoms with E-state index in [-0.39, 0.29) is 30.4 Å². The Morgan fingerprint density at radius 3 is 2.21 bits per heavy atom. The number of benzene rings is 2. The van der Waals surface area contributed by atoms with Crippen molar-refractivity contribution < 1.29 is 19.4 Å². The molecule has 0 unspecified atom stereocenters. The van der Waals surface area contributed by atoms with Gasteiger partial charge in [-0.15, -0.1) is 10.2 Å². The van der Waals surface area contributed by atoms with Crippen LogP contribution in [-0.2, 0) is 22.6 Å². The summed E-state index contributed by atoms with van der Waals surface area (Å²) in [6.07, 6.45) is 7.57. The van der Waals surface area contributed by atoms with Crippen molar-refractivity contribution in [2.75, 3.05) is 5.75 Å². The van der Waals surface area contributed by atoms with Crippen LogP contribution in [0.3, 0.4) is 0 Å². The zero-order valence-electron chi connectivity index (χ0n) is 24.5. The van der Waals surface area contributed by atoms with Gasteiger partial charge in [0.15, 0.2) is 10.6 Å². The molecule has 4 aliphatic carbocycles. The summed E-state index contributed by atoms with van der Waals surface area (Å²) in [7, 11) is 0. The van der Waals surface area contributed by atoms with E-state index in [1.807, 2.05) is 55.5 Å². The number of aromatic nitrogens is 2. The summed E-state index contributed by atoms with van der Waals surface area (Å²) in [5, 5.41) is 25.3. The molecular formula is C33H40N4O4S2. The van der Waals surface area contributed by atoms with Crippen LogP contribution in [0.2, 0.25) is 0 Å². The van der Waals surface area contributed by atoms with Gasteiger partial charge in [0.2, 0.25) is 0 Å². The predicted molar refractivity (Wildman–Crippen MR) is 167 cm³/mol. The normalized spacial score (nSPS) is 31.2. The number of carbonyl (C=O) groups excluding carboxylic acids is 1. The van der Waals surface area contributed by atoms with E-state index in [0.717, 1.165) is 80.8 Å². The quantitative estimate of drug-likeness (QED) is 0.236. The molecule has 1 aliphatic heterocycles. The topological polar surface area (TPSA) is 106 Å². The molecule has 8 nitrogen and oxygen atoms in total. The van der Waals surface area contributed by atoms with Gasteiger partial charge in [-0.1, -0.05) is 71.6 Å². The maximum atomic E-state index is 12.9. The summed E-state index contributed by atoms with van der Waals surface area (Å²) >= 11 is 3.26. The van der Waals surface area contributed by atoms with Gasteiger partial charge in [0.25, 0.3) is 0 Å². The number of nitrogens with zero attached hydrogens (tertiary/aromatic N) is 2. The van der Waals surface area contributed by atoms with Crippen LogP contribution in [0.15, 0.2) is 52.9 Å². The van der Waals surface area contributed by atoms with E-state index < -0.39 is 6.29 Å². The third-order valence-corrected chi connectivity index (χ3v) is 11.7. The largest absolute Gasteiger partial charge is 0.392 e. The van der Waals surface area contributed by atoms with E-state index in [4.69, 9.17) is 9.47 Å². The molecule has 3 N–H and O–H groups in total. The fourth-order valence-corrected chi connectivity index (χ4v) is 9.91. The fraction of sp³-hybridized carbons (Fsp3) is 0.545. The van der Waals surface area contributed by atoms with E-state index in [9.17, 15) is 9.90 Å². The number of aliphatic hydroxyl groups is 1. The number of hydrogen-bond acceptors (Lipinski definition) is 8. The van der Waals surface area contributed by atoms with Gasteiger partial charge in [0.1, 0.15) is 5.01 Å². The monoisotopic (exact) mass is 620 g/mol. The van der Waals surface area contributed by atoms with Crippen LogP contribution >= 0.6 is 23.1 Å². The highest BCUT2D eigenvalue weighted by Gasteiger charge is 2.51. The number of thioether (sulfide) groups is 1. The van der Waals surface area contributed by atoms with Gasteiger partial charge in [-0.05, 0) is 79.9 Å². The Kier molecular flexibility index (Phi) is 8.48. The molecule has 3 aromatic rings. The lowest BCUT2D eigenvalue weighted by molar-refractivity contribution is -0.245. The van der Waals surface area contributed by atoms with Gasteiger partial charge >= 0.3 is 6.03 Å². The van der Waals surface area contributed by atoms with E-state index in [2.05, 4.69) is 20.8 Å². The first-order valence-corrected chi connectivity index (χ1v) is 17.3. The zero-order valence-corrected chi connectivity index (χ0v) is 26.2. The first kappa shape index (κ1) is 29.2. The third-order valence-electron chi connectivity index (χ3n) is 9.64. The maximum absolute atomic E-state index is 12.9. The molecule has 2 heterocycles. The summed E-state index contributed by atoms with van der Waals surface area (Å²) in [5.41, 5.74) is 3.94. The van der Waals surface area contributed by atoms with Crippen molar-refractivity contribution in [3.8, 4) is 0 Å². The number of ether oxygens (including phenoxy) is 2. The Hall–Kier alpha value is -2.50. The number of aliphatic hydroxyl groups excluding tert-OH is 1. The highest BCUT2D eigenvalue weighted by molar-refractivity contribution is 8.01.